The number of carbonyl (C=O) groups excluding carboxylic acids is 3. The molecule has 0 unspecified atom stereocenters. The summed E-state index contributed by atoms with van der Waals surface area (Å²) in [5.74, 6) is -1.85. The van der Waals surface area contributed by atoms with Crippen LogP contribution in [0.2, 0.25) is 0 Å². The van der Waals surface area contributed by atoms with Crippen molar-refractivity contribution in [2.24, 2.45) is 5.73 Å². The Hall–Kier alpha value is -2.35. The van der Waals surface area contributed by atoms with E-state index in [1.165, 1.54) is 26.0 Å². The van der Waals surface area contributed by atoms with Crippen LogP contribution in [-0.2, 0) is 0 Å². The monoisotopic (exact) mass is 354 g/mol. The van der Waals surface area contributed by atoms with Gasteiger partial charge in [0.05, 0.1) is 5.56 Å². The van der Waals surface area contributed by atoms with E-state index in [0.717, 1.165) is 0 Å². The van der Waals surface area contributed by atoms with Crippen LogP contribution in [0.15, 0.2) is 25.6 Å². The molecular formula is C13H11BrN2O5. The zero-order chi connectivity index (χ0) is 15.7. The molecule has 0 aliphatic heterocycles. The highest BCUT2D eigenvalue weighted by Gasteiger charge is 2.26. The van der Waals surface area contributed by atoms with Crippen LogP contribution < -0.4 is 11.1 Å². The molecule has 0 spiro atoms. The van der Waals surface area contributed by atoms with Crippen molar-refractivity contribution in [2.75, 3.05) is 5.32 Å². The number of hydrogen-bond donors (Lipinski definition) is 2. The molecule has 0 radical (unpaired) electrons. The summed E-state index contributed by atoms with van der Waals surface area (Å²) >= 11 is 3.07. The van der Waals surface area contributed by atoms with E-state index in [4.69, 9.17) is 14.6 Å². The van der Waals surface area contributed by atoms with Gasteiger partial charge in [-0.15, -0.1) is 0 Å². The number of nitrogens with one attached hydrogen (secondary N) is 1. The lowest BCUT2D eigenvalue weighted by molar-refractivity contribution is 0.0973. The first-order valence-electron chi connectivity index (χ1n) is 5.82. The van der Waals surface area contributed by atoms with Crippen LogP contribution in [0.5, 0.6) is 0 Å². The smallest absolute Gasteiger partial charge is 0.293 e. The number of amides is 2. The number of primary amides is 1. The summed E-state index contributed by atoms with van der Waals surface area (Å²) in [6, 6.07) is 2.98. The average molecular weight is 355 g/mol. The molecule has 3 N–H and O–H groups in total. The van der Waals surface area contributed by atoms with Crippen LogP contribution in [0.4, 0.5) is 5.88 Å². The summed E-state index contributed by atoms with van der Waals surface area (Å²) < 4.78 is 10.7. The molecule has 2 aromatic rings. The number of aryl methyl sites for hydroxylation is 1. The van der Waals surface area contributed by atoms with Gasteiger partial charge in [-0.1, -0.05) is 0 Å². The fourth-order valence-electron chi connectivity index (χ4n) is 1.89. The predicted molar refractivity (Wildman–Crippen MR) is 76.3 cm³/mol. The lowest BCUT2D eigenvalue weighted by Gasteiger charge is -2.01. The van der Waals surface area contributed by atoms with Crippen molar-refractivity contribution < 1.29 is 23.2 Å². The molecule has 0 atom stereocenters. The molecule has 0 bridgehead atoms. The first-order chi connectivity index (χ1) is 9.81. The zero-order valence-electron chi connectivity index (χ0n) is 11.2. The predicted octanol–water partition coefficient (Wildman–Crippen LogP) is 2.50. The van der Waals surface area contributed by atoms with Crippen LogP contribution in [0.25, 0.3) is 0 Å². The van der Waals surface area contributed by atoms with Crippen molar-refractivity contribution in [3.05, 3.63) is 39.4 Å². The second kappa shape index (κ2) is 5.57. The fourth-order valence-corrected chi connectivity index (χ4v) is 2.20. The Kier molecular flexibility index (Phi) is 3.99. The van der Waals surface area contributed by atoms with E-state index >= 15 is 0 Å². The van der Waals surface area contributed by atoms with Gasteiger partial charge in [-0.2, -0.15) is 0 Å². The van der Waals surface area contributed by atoms with Crippen molar-refractivity contribution in [3.8, 4) is 0 Å². The van der Waals surface area contributed by atoms with Crippen molar-refractivity contribution in [1.82, 2.24) is 0 Å². The van der Waals surface area contributed by atoms with Gasteiger partial charge in [-0.25, -0.2) is 0 Å². The van der Waals surface area contributed by atoms with Crippen molar-refractivity contribution >= 4 is 39.4 Å². The van der Waals surface area contributed by atoms with Gasteiger partial charge >= 0.3 is 0 Å². The van der Waals surface area contributed by atoms with E-state index in [1.807, 2.05) is 0 Å². The van der Waals surface area contributed by atoms with E-state index in [1.54, 1.807) is 0 Å². The zero-order valence-corrected chi connectivity index (χ0v) is 12.7. The summed E-state index contributed by atoms with van der Waals surface area (Å²) in [4.78, 5) is 35.0. The van der Waals surface area contributed by atoms with Crippen molar-refractivity contribution in [3.63, 3.8) is 0 Å². The summed E-state index contributed by atoms with van der Waals surface area (Å²) in [6.07, 6.45) is 0. The second-order valence-electron chi connectivity index (χ2n) is 4.22. The van der Waals surface area contributed by atoms with Crippen molar-refractivity contribution in [1.29, 1.82) is 0 Å². The van der Waals surface area contributed by atoms with Gasteiger partial charge in [0, 0.05) is 0 Å². The molecule has 0 aliphatic rings. The minimum Gasteiger partial charge on any atom is -0.444 e. The highest BCUT2D eigenvalue weighted by atomic mass is 79.9. The lowest BCUT2D eigenvalue weighted by Crippen LogP contribution is -2.18. The second-order valence-corrected chi connectivity index (χ2v) is 5.00. The van der Waals surface area contributed by atoms with Crippen LogP contribution in [0, 0.1) is 6.92 Å². The van der Waals surface area contributed by atoms with Crippen LogP contribution in [0.1, 0.15) is 44.0 Å². The van der Waals surface area contributed by atoms with Crippen LogP contribution in [0.3, 0.4) is 0 Å². The Labute approximate surface area is 127 Å². The van der Waals surface area contributed by atoms with Gasteiger partial charge in [0.1, 0.15) is 11.3 Å². The maximum Gasteiger partial charge on any atom is 0.293 e. The van der Waals surface area contributed by atoms with Gasteiger partial charge in [0.25, 0.3) is 11.8 Å². The number of carbonyl (C=O) groups is 3. The summed E-state index contributed by atoms with van der Waals surface area (Å²) in [5, 5.41) is 2.36. The summed E-state index contributed by atoms with van der Waals surface area (Å²) in [6.45, 7) is 2.78. The number of hydrogen-bond acceptors (Lipinski definition) is 5. The molecule has 0 saturated heterocycles. The Bertz CT molecular complexity index is 744. The van der Waals surface area contributed by atoms with Gasteiger partial charge in [0.15, 0.2) is 16.2 Å². The SMILES string of the molecule is CC(=O)c1c(C)oc(NC(=O)c2ccc(Br)o2)c1C(N)=O. The minimum absolute atomic E-state index is 0.00993. The third-order valence-electron chi connectivity index (χ3n) is 2.71. The van der Waals surface area contributed by atoms with Gasteiger partial charge < -0.3 is 14.6 Å². The summed E-state index contributed by atoms with van der Waals surface area (Å²) in [5.41, 5.74) is 5.15. The molecule has 0 saturated carbocycles. The maximum absolute atomic E-state index is 12.0. The first kappa shape index (κ1) is 15.0. The normalized spacial score (nSPS) is 10.4. The van der Waals surface area contributed by atoms with E-state index in [2.05, 4.69) is 21.2 Å². The van der Waals surface area contributed by atoms with E-state index < -0.39 is 11.8 Å². The third-order valence-corrected chi connectivity index (χ3v) is 3.13. The molecule has 2 amide bonds. The molecular weight excluding hydrogens is 344 g/mol. The van der Waals surface area contributed by atoms with Crippen LogP contribution >= 0.6 is 15.9 Å². The molecule has 2 aromatic heterocycles. The Balaban J connectivity index is 2.41. The highest BCUT2D eigenvalue weighted by Crippen LogP contribution is 2.28. The summed E-state index contributed by atoms with van der Waals surface area (Å²) in [7, 11) is 0. The number of Topliss-reactive ketones (excluding diaryl/α,β-unsaturated/α-hetero) is 1. The quantitative estimate of drug-likeness (QED) is 0.818. The van der Waals surface area contributed by atoms with E-state index in [0.29, 0.717) is 4.67 Å². The fraction of sp³-hybridized carbons (Fsp3) is 0.154. The molecule has 8 heteroatoms. The largest absolute Gasteiger partial charge is 0.444 e. The molecule has 7 nitrogen and oxygen atoms in total. The maximum atomic E-state index is 12.0. The first-order valence-corrected chi connectivity index (χ1v) is 6.61. The Morgan fingerprint density at radius 1 is 1.19 bits per heavy atom. The molecule has 110 valence electrons. The molecule has 2 heterocycles. The number of furan rings is 2. The van der Waals surface area contributed by atoms with E-state index in [9.17, 15) is 14.4 Å². The molecule has 0 aliphatic carbocycles. The van der Waals surface area contributed by atoms with Crippen molar-refractivity contribution in [2.45, 2.75) is 13.8 Å². The van der Waals surface area contributed by atoms with Gasteiger partial charge in [-0.3, -0.25) is 19.7 Å². The third kappa shape index (κ3) is 2.89. The minimum atomic E-state index is -0.868. The van der Waals surface area contributed by atoms with Crippen LogP contribution in [-0.4, -0.2) is 17.6 Å². The molecule has 0 aromatic carbocycles. The molecule has 0 fully saturated rings. The number of ketones is 1. The number of halogens is 1. The number of anilines is 1. The topological polar surface area (TPSA) is 116 Å². The molecule has 21 heavy (non-hydrogen) atoms. The Morgan fingerprint density at radius 2 is 1.86 bits per heavy atom. The average Bonchev–Trinajstić information content (AvgIpc) is 2.93. The lowest BCUT2D eigenvalue weighted by atomic mass is 10.1. The van der Waals surface area contributed by atoms with E-state index in [-0.39, 0.29) is 34.3 Å². The van der Waals surface area contributed by atoms with Gasteiger partial charge in [0.2, 0.25) is 5.88 Å². The standard InChI is InChI=1S/C13H11BrN2O5/c1-5(17)9-6(2)20-13(10(9)11(15)18)16-12(19)7-3-4-8(14)21-7/h3-4H,1-2H3,(H2,15,18)(H,16,19). The van der Waals surface area contributed by atoms with Gasteiger partial charge in [-0.05, 0) is 41.9 Å². The Morgan fingerprint density at radius 3 is 2.33 bits per heavy atom. The number of rotatable bonds is 4. The number of nitrogens with two attached hydrogens (primary N) is 1. The highest BCUT2D eigenvalue weighted by molar-refractivity contribution is 9.10. The molecule has 2 rings (SSSR count).